The number of rotatable bonds is 1. The van der Waals surface area contributed by atoms with E-state index in [9.17, 15) is 0 Å². The van der Waals surface area contributed by atoms with E-state index >= 15 is 0 Å². The number of nitrogens with zero attached hydrogens (tertiary/aromatic N) is 2. The maximum absolute atomic E-state index is 6.01. The van der Waals surface area contributed by atoms with Crippen LogP contribution in [0.15, 0.2) is 53.1 Å². The lowest BCUT2D eigenvalue weighted by Crippen LogP contribution is -2.29. The van der Waals surface area contributed by atoms with E-state index in [2.05, 4.69) is 17.1 Å². The number of hydrogen-bond donors (Lipinski definition) is 0. The lowest BCUT2D eigenvalue weighted by molar-refractivity contribution is 0.323. The Morgan fingerprint density at radius 3 is 2.00 bits per heavy atom. The molecule has 104 valence electrons. The summed E-state index contributed by atoms with van der Waals surface area (Å²) in [7, 11) is 0. The SMILES string of the molecule is Cc1noc(C2(C)c3ccccc3Oc3ccccc32)n1. The third-order valence-electron chi connectivity index (χ3n) is 4.03. The molecule has 0 saturated heterocycles. The molecule has 21 heavy (non-hydrogen) atoms. The minimum atomic E-state index is -0.507. The molecule has 0 bridgehead atoms. The van der Waals surface area contributed by atoms with E-state index < -0.39 is 5.41 Å². The molecule has 3 aromatic rings. The average Bonchev–Trinajstić information content (AvgIpc) is 2.95. The standard InChI is InChI=1S/C17H14N2O2/c1-11-18-16(21-19-11)17(2)12-7-3-5-9-14(12)20-15-10-6-4-8-13(15)17/h3-10H,1-2H3. The minimum absolute atomic E-state index is 0.507. The third-order valence-corrected chi connectivity index (χ3v) is 4.03. The zero-order chi connectivity index (χ0) is 14.4. The first-order valence-corrected chi connectivity index (χ1v) is 6.87. The van der Waals surface area contributed by atoms with Crippen molar-refractivity contribution in [3.8, 4) is 11.5 Å². The molecule has 1 aromatic heterocycles. The Bertz CT molecular complexity index is 777. The van der Waals surface area contributed by atoms with Gasteiger partial charge >= 0.3 is 0 Å². The first kappa shape index (κ1) is 12.1. The molecule has 2 heterocycles. The van der Waals surface area contributed by atoms with E-state index in [1.807, 2.05) is 55.5 Å². The highest BCUT2D eigenvalue weighted by molar-refractivity contribution is 5.60. The first-order valence-electron chi connectivity index (χ1n) is 6.87. The van der Waals surface area contributed by atoms with Crippen LogP contribution in [0.1, 0.15) is 29.8 Å². The van der Waals surface area contributed by atoms with Crippen molar-refractivity contribution in [3.05, 3.63) is 71.4 Å². The van der Waals surface area contributed by atoms with Gasteiger partial charge < -0.3 is 9.26 Å². The fourth-order valence-corrected chi connectivity index (χ4v) is 2.93. The molecular formula is C17H14N2O2. The molecule has 1 aliphatic rings. The molecule has 0 amide bonds. The maximum Gasteiger partial charge on any atom is 0.241 e. The van der Waals surface area contributed by atoms with Gasteiger partial charge in [-0.05, 0) is 26.0 Å². The lowest BCUT2D eigenvalue weighted by Gasteiger charge is -2.34. The molecule has 0 unspecified atom stereocenters. The van der Waals surface area contributed by atoms with Crippen LogP contribution >= 0.6 is 0 Å². The summed E-state index contributed by atoms with van der Waals surface area (Å²) in [6.45, 7) is 3.92. The van der Waals surface area contributed by atoms with Crippen LogP contribution in [-0.2, 0) is 5.41 Å². The summed E-state index contributed by atoms with van der Waals surface area (Å²) in [6, 6.07) is 15.9. The van der Waals surface area contributed by atoms with Crippen LogP contribution < -0.4 is 4.74 Å². The highest BCUT2D eigenvalue weighted by Gasteiger charge is 2.43. The number of aryl methyl sites for hydroxylation is 1. The molecular weight excluding hydrogens is 264 g/mol. The Morgan fingerprint density at radius 1 is 0.905 bits per heavy atom. The summed E-state index contributed by atoms with van der Waals surface area (Å²) < 4.78 is 11.5. The third kappa shape index (κ3) is 1.62. The second-order valence-corrected chi connectivity index (χ2v) is 5.37. The van der Waals surface area contributed by atoms with Gasteiger partial charge in [-0.2, -0.15) is 4.98 Å². The summed E-state index contributed by atoms with van der Waals surface area (Å²) >= 11 is 0. The van der Waals surface area contributed by atoms with Crippen LogP contribution in [0, 0.1) is 6.92 Å². The van der Waals surface area contributed by atoms with Crippen molar-refractivity contribution < 1.29 is 9.26 Å². The number of fused-ring (bicyclic) bond motifs is 2. The van der Waals surface area contributed by atoms with E-state index in [4.69, 9.17) is 9.26 Å². The van der Waals surface area contributed by atoms with Gasteiger partial charge in [0, 0.05) is 11.1 Å². The largest absolute Gasteiger partial charge is 0.457 e. The van der Waals surface area contributed by atoms with E-state index in [1.54, 1.807) is 0 Å². The van der Waals surface area contributed by atoms with Crippen molar-refractivity contribution >= 4 is 0 Å². The van der Waals surface area contributed by atoms with Gasteiger partial charge in [-0.3, -0.25) is 0 Å². The quantitative estimate of drug-likeness (QED) is 0.678. The number of hydrogen-bond acceptors (Lipinski definition) is 4. The van der Waals surface area contributed by atoms with Gasteiger partial charge in [0.2, 0.25) is 5.89 Å². The minimum Gasteiger partial charge on any atom is -0.457 e. The Hall–Kier alpha value is -2.62. The molecule has 1 aliphatic heterocycles. The molecule has 0 spiro atoms. The average molecular weight is 278 g/mol. The highest BCUT2D eigenvalue weighted by Crippen LogP contribution is 2.50. The van der Waals surface area contributed by atoms with Crippen LogP contribution in [0.25, 0.3) is 0 Å². The number of para-hydroxylation sites is 2. The van der Waals surface area contributed by atoms with Crippen LogP contribution in [0.3, 0.4) is 0 Å². The summed E-state index contributed by atoms with van der Waals surface area (Å²) in [5, 5.41) is 3.96. The van der Waals surface area contributed by atoms with Crippen molar-refractivity contribution in [1.29, 1.82) is 0 Å². The second-order valence-electron chi connectivity index (χ2n) is 5.37. The van der Waals surface area contributed by atoms with Gasteiger partial charge in [0.05, 0.1) is 0 Å². The summed E-state index contributed by atoms with van der Waals surface area (Å²) in [5.41, 5.74) is 1.56. The summed E-state index contributed by atoms with van der Waals surface area (Å²) in [5.74, 6) is 2.87. The van der Waals surface area contributed by atoms with E-state index in [1.165, 1.54) is 0 Å². The predicted octanol–water partition coefficient (Wildman–Crippen LogP) is 3.84. The molecule has 0 atom stereocenters. The Kier molecular flexibility index (Phi) is 2.42. The van der Waals surface area contributed by atoms with Gasteiger partial charge in [-0.25, -0.2) is 0 Å². The molecule has 0 aliphatic carbocycles. The van der Waals surface area contributed by atoms with Gasteiger partial charge in [0.1, 0.15) is 16.9 Å². The molecule has 0 radical (unpaired) electrons. The van der Waals surface area contributed by atoms with E-state index in [0.717, 1.165) is 22.6 Å². The normalized spacial score (nSPS) is 15.0. The molecule has 4 heteroatoms. The number of ether oxygens (including phenoxy) is 1. The van der Waals surface area contributed by atoms with Gasteiger partial charge in [0.25, 0.3) is 0 Å². The fraction of sp³-hybridized carbons (Fsp3) is 0.176. The molecule has 0 N–H and O–H groups in total. The van der Waals surface area contributed by atoms with Crippen LogP contribution in [-0.4, -0.2) is 10.1 Å². The van der Waals surface area contributed by atoms with E-state index in [0.29, 0.717) is 11.7 Å². The fourth-order valence-electron chi connectivity index (χ4n) is 2.93. The van der Waals surface area contributed by atoms with Gasteiger partial charge in [-0.1, -0.05) is 41.6 Å². The molecule has 4 nitrogen and oxygen atoms in total. The summed E-state index contributed by atoms with van der Waals surface area (Å²) in [6.07, 6.45) is 0. The Labute approximate surface area is 122 Å². The predicted molar refractivity (Wildman–Crippen MR) is 77.5 cm³/mol. The topological polar surface area (TPSA) is 48.2 Å². The van der Waals surface area contributed by atoms with Crippen LogP contribution in [0.5, 0.6) is 11.5 Å². The van der Waals surface area contributed by atoms with Crippen molar-refractivity contribution in [3.63, 3.8) is 0 Å². The van der Waals surface area contributed by atoms with Crippen molar-refractivity contribution in [2.24, 2.45) is 0 Å². The smallest absolute Gasteiger partial charge is 0.241 e. The Balaban J connectivity index is 2.06. The summed E-state index contributed by atoms with van der Waals surface area (Å²) in [4.78, 5) is 4.47. The zero-order valence-electron chi connectivity index (χ0n) is 11.8. The van der Waals surface area contributed by atoms with Gasteiger partial charge in [0.15, 0.2) is 5.82 Å². The first-order chi connectivity index (χ1) is 10.2. The van der Waals surface area contributed by atoms with Gasteiger partial charge in [-0.15, -0.1) is 0 Å². The second kappa shape index (κ2) is 4.19. The monoisotopic (exact) mass is 278 g/mol. The highest BCUT2D eigenvalue weighted by atomic mass is 16.5. The molecule has 0 saturated carbocycles. The number of aromatic nitrogens is 2. The van der Waals surface area contributed by atoms with Crippen molar-refractivity contribution in [2.45, 2.75) is 19.3 Å². The van der Waals surface area contributed by atoms with E-state index in [-0.39, 0.29) is 0 Å². The lowest BCUT2D eigenvalue weighted by atomic mass is 9.74. The maximum atomic E-state index is 6.01. The molecule has 4 rings (SSSR count). The van der Waals surface area contributed by atoms with Crippen LogP contribution in [0.4, 0.5) is 0 Å². The zero-order valence-corrected chi connectivity index (χ0v) is 11.8. The molecule has 0 fully saturated rings. The Morgan fingerprint density at radius 2 is 1.48 bits per heavy atom. The number of benzene rings is 2. The van der Waals surface area contributed by atoms with Crippen LogP contribution in [0.2, 0.25) is 0 Å². The molecule has 2 aromatic carbocycles. The van der Waals surface area contributed by atoms with Crippen molar-refractivity contribution in [1.82, 2.24) is 10.1 Å². The van der Waals surface area contributed by atoms with Crippen molar-refractivity contribution in [2.75, 3.05) is 0 Å².